The van der Waals surface area contributed by atoms with Gasteiger partial charge in [0.05, 0.1) is 19.6 Å². The molecule has 0 atom stereocenters. The molecule has 0 saturated heterocycles. The van der Waals surface area contributed by atoms with Crippen LogP contribution in [0.4, 0.5) is 0 Å². The van der Waals surface area contributed by atoms with Crippen LogP contribution < -0.4 is 5.73 Å². The summed E-state index contributed by atoms with van der Waals surface area (Å²) in [6.45, 7) is 2.64. The number of rotatable bonds is 8. The Morgan fingerprint density at radius 2 is 1.86 bits per heavy atom. The van der Waals surface area contributed by atoms with Gasteiger partial charge in [0.25, 0.3) is 0 Å². The van der Waals surface area contributed by atoms with E-state index >= 15 is 0 Å². The number of hydrogen-bond donors (Lipinski definition) is 1. The molecule has 0 heterocycles. The second-order valence-corrected chi connectivity index (χ2v) is 2.91. The molecule has 0 unspecified atom stereocenters. The zero-order valence-corrected chi connectivity index (χ0v) is 8.99. The molecular weight excluding hydrogens is 184 g/mol. The predicted molar refractivity (Wildman–Crippen MR) is 54.0 cm³/mol. The summed E-state index contributed by atoms with van der Waals surface area (Å²) in [4.78, 5) is 13.2. The quantitative estimate of drug-likeness (QED) is 0.576. The summed E-state index contributed by atoms with van der Waals surface area (Å²) < 4.78 is 9.74. The number of methoxy groups -OCH3 is 2. The number of nitrogens with two attached hydrogens (primary N) is 1. The minimum atomic E-state index is 0.0642. The topological polar surface area (TPSA) is 64.8 Å². The highest BCUT2D eigenvalue weighted by molar-refractivity contribution is 5.76. The maximum absolute atomic E-state index is 11.5. The van der Waals surface area contributed by atoms with Gasteiger partial charge in [0.1, 0.15) is 0 Å². The molecule has 0 aromatic heterocycles. The van der Waals surface area contributed by atoms with Crippen LogP contribution in [0.3, 0.4) is 0 Å². The molecular formula is C9H20N2O3. The van der Waals surface area contributed by atoms with Crippen molar-refractivity contribution in [3.05, 3.63) is 0 Å². The SMILES string of the molecule is COCCC(=O)N(CCN)CCOC. The largest absolute Gasteiger partial charge is 0.384 e. The zero-order valence-electron chi connectivity index (χ0n) is 8.99. The van der Waals surface area contributed by atoms with Crippen molar-refractivity contribution >= 4 is 5.91 Å². The molecule has 0 fully saturated rings. The first-order valence-corrected chi connectivity index (χ1v) is 4.72. The van der Waals surface area contributed by atoms with Crippen molar-refractivity contribution < 1.29 is 14.3 Å². The van der Waals surface area contributed by atoms with Gasteiger partial charge in [0, 0.05) is 33.9 Å². The summed E-state index contributed by atoms with van der Waals surface area (Å²) in [6.07, 6.45) is 0.403. The highest BCUT2D eigenvalue weighted by Gasteiger charge is 2.11. The molecule has 0 saturated carbocycles. The molecule has 0 radical (unpaired) electrons. The molecule has 0 spiro atoms. The van der Waals surface area contributed by atoms with Crippen LogP contribution in [0.25, 0.3) is 0 Å². The molecule has 0 bridgehead atoms. The third kappa shape index (κ3) is 5.90. The number of carbonyl (C=O) groups excluding carboxylic acids is 1. The average molecular weight is 204 g/mol. The van der Waals surface area contributed by atoms with Crippen molar-refractivity contribution in [1.29, 1.82) is 0 Å². The molecule has 0 aromatic carbocycles. The van der Waals surface area contributed by atoms with Gasteiger partial charge in [-0.3, -0.25) is 4.79 Å². The normalized spacial score (nSPS) is 10.2. The van der Waals surface area contributed by atoms with Crippen LogP contribution in [0.15, 0.2) is 0 Å². The van der Waals surface area contributed by atoms with E-state index in [0.29, 0.717) is 39.3 Å². The second kappa shape index (κ2) is 8.93. The molecule has 84 valence electrons. The number of hydrogen-bond acceptors (Lipinski definition) is 4. The van der Waals surface area contributed by atoms with Gasteiger partial charge >= 0.3 is 0 Å². The van der Waals surface area contributed by atoms with Gasteiger partial charge in [-0.15, -0.1) is 0 Å². The standard InChI is InChI=1S/C9H20N2O3/c1-13-7-3-9(12)11(5-4-10)6-8-14-2/h3-8,10H2,1-2H3. The number of amides is 1. The first-order valence-electron chi connectivity index (χ1n) is 4.72. The Morgan fingerprint density at radius 3 is 2.36 bits per heavy atom. The van der Waals surface area contributed by atoms with Crippen LogP contribution in [0.2, 0.25) is 0 Å². The Hall–Kier alpha value is -0.650. The van der Waals surface area contributed by atoms with E-state index in [1.807, 2.05) is 0 Å². The van der Waals surface area contributed by atoms with Crippen LogP contribution >= 0.6 is 0 Å². The lowest BCUT2D eigenvalue weighted by Gasteiger charge is -2.21. The van der Waals surface area contributed by atoms with Gasteiger partial charge in [0.2, 0.25) is 5.91 Å². The summed E-state index contributed by atoms with van der Waals surface area (Å²) in [5.41, 5.74) is 5.40. The fraction of sp³-hybridized carbons (Fsp3) is 0.889. The Morgan fingerprint density at radius 1 is 1.21 bits per heavy atom. The van der Waals surface area contributed by atoms with E-state index in [0.717, 1.165) is 0 Å². The molecule has 1 amide bonds. The van der Waals surface area contributed by atoms with E-state index in [1.165, 1.54) is 0 Å². The van der Waals surface area contributed by atoms with E-state index < -0.39 is 0 Å². The van der Waals surface area contributed by atoms with Gasteiger partial charge in [-0.1, -0.05) is 0 Å². The maximum Gasteiger partial charge on any atom is 0.225 e. The lowest BCUT2D eigenvalue weighted by Crippen LogP contribution is -2.38. The van der Waals surface area contributed by atoms with Crippen molar-refractivity contribution in [2.75, 3.05) is 47.1 Å². The summed E-state index contributed by atoms with van der Waals surface area (Å²) in [6, 6.07) is 0. The molecule has 5 nitrogen and oxygen atoms in total. The molecule has 14 heavy (non-hydrogen) atoms. The first-order chi connectivity index (χ1) is 6.76. The average Bonchev–Trinajstić information content (AvgIpc) is 2.20. The van der Waals surface area contributed by atoms with Gasteiger partial charge in [-0.05, 0) is 0 Å². The fourth-order valence-corrected chi connectivity index (χ4v) is 1.07. The Bertz CT molecular complexity index is 153. The zero-order chi connectivity index (χ0) is 10.8. The predicted octanol–water partition coefficient (Wildman–Crippen LogP) is -0.543. The van der Waals surface area contributed by atoms with E-state index in [-0.39, 0.29) is 5.91 Å². The lowest BCUT2D eigenvalue weighted by atomic mass is 10.3. The van der Waals surface area contributed by atoms with Crippen LogP contribution in [0.5, 0.6) is 0 Å². The van der Waals surface area contributed by atoms with E-state index in [9.17, 15) is 4.79 Å². The molecule has 0 aliphatic carbocycles. The third-order valence-corrected chi connectivity index (χ3v) is 1.84. The minimum Gasteiger partial charge on any atom is -0.384 e. The first kappa shape index (κ1) is 13.4. The highest BCUT2D eigenvalue weighted by atomic mass is 16.5. The van der Waals surface area contributed by atoms with E-state index in [2.05, 4.69) is 0 Å². The van der Waals surface area contributed by atoms with Gasteiger partial charge in [0.15, 0.2) is 0 Å². The molecule has 0 aromatic rings. The molecule has 0 rings (SSSR count). The van der Waals surface area contributed by atoms with E-state index in [4.69, 9.17) is 15.2 Å². The summed E-state index contributed by atoms with van der Waals surface area (Å²) in [5, 5.41) is 0. The van der Waals surface area contributed by atoms with Crippen molar-refractivity contribution in [3.8, 4) is 0 Å². The third-order valence-electron chi connectivity index (χ3n) is 1.84. The summed E-state index contributed by atoms with van der Waals surface area (Å²) in [7, 11) is 3.19. The van der Waals surface area contributed by atoms with Gasteiger partial charge in [-0.25, -0.2) is 0 Å². The summed E-state index contributed by atoms with van der Waals surface area (Å²) in [5.74, 6) is 0.0642. The number of ether oxygens (including phenoxy) is 2. The Kier molecular flexibility index (Phi) is 8.51. The molecule has 5 heteroatoms. The monoisotopic (exact) mass is 204 g/mol. The second-order valence-electron chi connectivity index (χ2n) is 2.91. The Labute approximate surface area is 85.1 Å². The molecule has 0 aliphatic rings. The minimum absolute atomic E-state index is 0.0642. The highest BCUT2D eigenvalue weighted by Crippen LogP contribution is 1.94. The molecule has 0 aliphatic heterocycles. The van der Waals surface area contributed by atoms with Crippen LogP contribution in [0, 0.1) is 0 Å². The Balaban J connectivity index is 3.84. The number of nitrogens with zero attached hydrogens (tertiary/aromatic N) is 1. The fourth-order valence-electron chi connectivity index (χ4n) is 1.07. The van der Waals surface area contributed by atoms with Crippen molar-refractivity contribution in [3.63, 3.8) is 0 Å². The van der Waals surface area contributed by atoms with Gasteiger partial charge < -0.3 is 20.1 Å². The van der Waals surface area contributed by atoms with Crippen LogP contribution in [-0.4, -0.2) is 57.9 Å². The summed E-state index contributed by atoms with van der Waals surface area (Å²) >= 11 is 0. The van der Waals surface area contributed by atoms with Crippen LogP contribution in [0.1, 0.15) is 6.42 Å². The maximum atomic E-state index is 11.5. The number of carbonyl (C=O) groups is 1. The van der Waals surface area contributed by atoms with E-state index in [1.54, 1.807) is 19.1 Å². The molecule has 2 N–H and O–H groups in total. The lowest BCUT2D eigenvalue weighted by molar-refractivity contribution is -0.132. The smallest absolute Gasteiger partial charge is 0.225 e. The van der Waals surface area contributed by atoms with Crippen molar-refractivity contribution in [1.82, 2.24) is 4.90 Å². The van der Waals surface area contributed by atoms with Crippen molar-refractivity contribution in [2.45, 2.75) is 6.42 Å². The van der Waals surface area contributed by atoms with Crippen LogP contribution in [-0.2, 0) is 14.3 Å². The van der Waals surface area contributed by atoms with Gasteiger partial charge in [-0.2, -0.15) is 0 Å². The van der Waals surface area contributed by atoms with Crippen molar-refractivity contribution in [2.24, 2.45) is 5.73 Å².